The monoisotopic (exact) mass is 402 g/mol. The van der Waals surface area contributed by atoms with Gasteiger partial charge >= 0.3 is 5.97 Å². The van der Waals surface area contributed by atoms with E-state index in [-0.39, 0.29) is 31.2 Å². The molecule has 0 saturated heterocycles. The van der Waals surface area contributed by atoms with E-state index < -0.39 is 23.8 Å². The number of hydrogen-bond acceptors (Lipinski definition) is 6. The van der Waals surface area contributed by atoms with Crippen LogP contribution in [0.2, 0.25) is 0 Å². The Morgan fingerprint density at radius 2 is 2.00 bits per heavy atom. The van der Waals surface area contributed by atoms with E-state index in [0.717, 1.165) is 0 Å². The Labute approximate surface area is 169 Å². The van der Waals surface area contributed by atoms with E-state index in [9.17, 15) is 14.4 Å². The van der Waals surface area contributed by atoms with Crippen LogP contribution in [-0.2, 0) is 14.3 Å². The predicted octanol–water partition coefficient (Wildman–Crippen LogP) is 2.01. The lowest BCUT2D eigenvalue weighted by atomic mass is 10.0. The summed E-state index contributed by atoms with van der Waals surface area (Å²) < 4.78 is 5.09. The number of carboxylic acid groups (broad SMARTS) is 1. The third-order valence-corrected chi connectivity index (χ3v) is 3.82. The summed E-state index contributed by atoms with van der Waals surface area (Å²) in [5.74, 6) is -1.45. The molecule has 29 heavy (non-hydrogen) atoms. The van der Waals surface area contributed by atoms with E-state index in [0.29, 0.717) is 17.7 Å². The molecule has 9 nitrogen and oxygen atoms in total. The number of carbonyl (C=O) groups is 3. The second kappa shape index (κ2) is 12.1. The molecule has 1 aromatic rings. The van der Waals surface area contributed by atoms with Crippen molar-refractivity contribution >= 4 is 29.4 Å². The lowest BCUT2D eigenvalue weighted by molar-refractivity contribution is -0.136. The molecule has 0 bridgehead atoms. The normalized spacial score (nSPS) is 12.0. The van der Waals surface area contributed by atoms with Crippen molar-refractivity contribution in [3.63, 3.8) is 0 Å². The third-order valence-electron chi connectivity index (χ3n) is 3.82. The molecule has 0 fully saturated rings. The molecule has 0 aliphatic rings. The molecule has 0 radical (unpaired) electrons. The average molecular weight is 402 g/mol. The first-order valence-corrected chi connectivity index (χ1v) is 9.15. The zero-order chi connectivity index (χ0) is 21.8. The van der Waals surface area contributed by atoms with Gasteiger partial charge in [0, 0.05) is 12.0 Å². The summed E-state index contributed by atoms with van der Waals surface area (Å²) in [6, 6.07) is 7.45. The molecule has 0 aliphatic heterocycles. The van der Waals surface area contributed by atoms with Gasteiger partial charge in [-0.2, -0.15) is 5.26 Å². The van der Waals surface area contributed by atoms with Gasteiger partial charge in [0.1, 0.15) is 12.6 Å². The molecule has 1 rings (SSSR count). The van der Waals surface area contributed by atoms with Gasteiger partial charge in [-0.05, 0) is 30.5 Å². The van der Waals surface area contributed by atoms with Crippen LogP contribution in [-0.4, -0.2) is 48.5 Å². The molecular formula is C20H26N4O5. The van der Waals surface area contributed by atoms with Crippen LogP contribution in [0.25, 0.3) is 0 Å². The number of aliphatic carboxylic acids is 1. The number of aliphatic imine (C=N–C) groups is 1. The van der Waals surface area contributed by atoms with Gasteiger partial charge in [0.25, 0.3) is 5.91 Å². The SMILES string of the molecule is COC(CCC(=O)O)=Nc1cccc(C(=O)NC(CC(C)C)C(=O)NCC#N)c1. The summed E-state index contributed by atoms with van der Waals surface area (Å²) >= 11 is 0. The zero-order valence-corrected chi connectivity index (χ0v) is 16.8. The van der Waals surface area contributed by atoms with E-state index in [1.165, 1.54) is 13.2 Å². The summed E-state index contributed by atoms with van der Waals surface area (Å²) in [5.41, 5.74) is 0.719. The van der Waals surface area contributed by atoms with Crippen LogP contribution in [0.5, 0.6) is 0 Å². The highest BCUT2D eigenvalue weighted by Gasteiger charge is 2.22. The maximum Gasteiger partial charge on any atom is 0.303 e. The van der Waals surface area contributed by atoms with Crippen molar-refractivity contribution in [1.29, 1.82) is 5.26 Å². The number of amides is 2. The fourth-order valence-corrected chi connectivity index (χ4v) is 2.47. The lowest BCUT2D eigenvalue weighted by Gasteiger charge is -2.19. The first kappa shape index (κ1) is 23.6. The number of nitriles is 1. The Hall–Kier alpha value is -3.41. The van der Waals surface area contributed by atoms with Crippen molar-refractivity contribution in [2.24, 2.45) is 10.9 Å². The minimum absolute atomic E-state index is 0.123. The van der Waals surface area contributed by atoms with E-state index in [1.807, 2.05) is 19.9 Å². The second-order valence-electron chi connectivity index (χ2n) is 6.69. The number of methoxy groups -OCH3 is 1. The third kappa shape index (κ3) is 8.88. The van der Waals surface area contributed by atoms with Gasteiger partial charge in [-0.1, -0.05) is 19.9 Å². The number of rotatable bonds is 10. The number of carbonyl (C=O) groups excluding carboxylic acids is 2. The summed E-state index contributed by atoms with van der Waals surface area (Å²) in [6.07, 6.45) is 0.420. The molecule has 156 valence electrons. The minimum Gasteiger partial charge on any atom is -0.484 e. The molecule has 1 unspecified atom stereocenters. The van der Waals surface area contributed by atoms with Crippen molar-refractivity contribution in [2.75, 3.05) is 13.7 Å². The number of hydrogen-bond donors (Lipinski definition) is 3. The Balaban J connectivity index is 2.95. The van der Waals surface area contributed by atoms with Crippen LogP contribution in [0, 0.1) is 17.2 Å². The van der Waals surface area contributed by atoms with Gasteiger partial charge < -0.3 is 20.5 Å². The zero-order valence-electron chi connectivity index (χ0n) is 16.8. The molecule has 9 heteroatoms. The van der Waals surface area contributed by atoms with Crippen LogP contribution in [0.3, 0.4) is 0 Å². The molecule has 1 atom stereocenters. The fraction of sp³-hybridized carbons (Fsp3) is 0.450. The van der Waals surface area contributed by atoms with Crippen LogP contribution in [0.1, 0.15) is 43.5 Å². The summed E-state index contributed by atoms with van der Waals surface area (Å²) in [7, 11) is 1.40. The van der Waals surface area contributed by atoms with Gasteiger partial charge in [-0.25, -0.2) is 4.99 Å². The molecule has 0 aliphatic carbocycles. The van der Waals surface area contributed by atoms with E-state index >= 15 is 0 Å². The Morgan fingerprint density at radius 1 is 1.28 bits per heavy atom. The molecule has 1 aromatic carbocycles. The Bertz CT molecular complexity index is 798. The minimum atomic E-state index is -0.964. The Kier molecular flexibility index (Phi) is 9.88. The number of nitrogens with one attached hydrogen (secondary N) is 2. The maximum absolute atomic E-state index is 12.6. The quantitative estimate of drug-likeness (QED) is 0.311. The van der Waals surface area contributed by atoms with Gasteiger partial charge in [0.15, 0.2) is 5.90 Å². The molecule has 3 N–H and O–H groups in total. The molecule has 0 spiro atoms. The Morgan fingerprint density at radius 3 is 2.59 bits per heavy atom. The average Bonchev–Trinajstić information content (AvgIpc) is 2.68. The van der Waals surface area contributed by atoms with Crippen molar-refractivity contribution in [3.05, 3.63) is 29.8 Å². The van der Waals surface area contributed by atoms with E-state index in [4.69, 9.17) is 15.1 Å². The summed E-state index contributed by atoms with van der Waals surface area (Å²) in [6.45, 7) is 3.72. The standard InChI is InChI=1S/C20H26N4O5/c1-13(2)11-16(20(28)22-10-9-21)24-19(27)14-5-4-6-15(12-14)23-17(29-3)7-8-18(25)26/h4-6,12-13,16H,7-8,10-11H2,1-3H3,(H,22,28)(H,24,27)(H,25,26). The smallest absolute Gasteiger partial charge is 0.303 e. The first-order valence-electron chi connectivity index (χ1n) is 9.15. The molecule has 0 aromatic heterocycles. The fourth-order valence-electron chi connectivity index (χ4n) is 2.47. The van der Waals surface area contributed by atoms with Crippen LogP contribution in [0.15, 0.2) is 29.3 Å². The predicted molar refractivity (Wildman–Crippen MR) is 107 cm³/mol. The number of ether oxygens (including phenoxy) is 1. The first-order chi connectivity index (χ1) is 13.8. The summed E-state index contributed by atoms with van der Waals surface area (Å²) in [4.78, 5) is 39.8. The van der Waals surface area contributed by atoms with Crippen molar-refractivity contribution in [3.8, 4) is 6.07 Å². The maximum atomic E-state index is 12.6. The molecular weight excluding hydrogens is 376 g/mol. The van der Waals surface area contributed by atoms with Crippen molar-refractivity contribution in [1.82, 2.24) is 10.6 Å². The highest BCUT2D eigenvalue weighted by molar-refractivity contribution is 5.98. The number of carboxylic acids is 1. The van der Waals surface area contributed by atoms with E-state index in [1.54, 1.807) is 18.2 Å². The lowest BCUT2D eigenvalue weighted by Crippen LogP contribution is -2.47. The molecule has 0 saturated carbocycles. The largest absolute Gasteiger partial charge is 0.484 e. The highest BCUT2D eigenvalue weighted by atomic mass is 16.5. The van der Waals surface area contributed by atoms with Gasteiger partial charge in [-0.3, -0.25) is 14.4 Å². The van der Waals surface area contributed by atoms with Crippen LogP contribution < -0.4 is 10.6 Å². The van der Waals surface area contributed by atoms with Crippen LogP contribution >= 0.6 is 0 Å². The second-order valence-corrected chi connectivity index (χ2v) is 6.69. The van der Waals surface area contributed by atoms with E-state index in [2.05, 4.69) is 15.6 Å². The van der Waals surface area contributed by atoms with Crippen molar-refractivity contribution in [2.45, 2.75) is 39.2 Å². The van der Waals surface area contributed by atoms with Gasteiger partial charge in [0.2, 0.25) is 5.91 Å². The van der Waals surface area contributed by atoms with Gasteiger partial charge in [0.05, 0.1) is 25.3 Å². The number of benzene rings is 1. The summed E-state index contributed by atoms with van der Waals surface area (Å²) in [5, 5.41) is 22.5. The van der Waals surface area contributed by atoms with Crippen molar-refractivity contribution < 1.29 is 24.2 Å². The molecule has 2 amide bonds. The van der Waals surface area contributed by atoms with Gasteiger partial charge in [-0.15, -0.1) is 0 Å². The number of nitrogens with zero attached hydrogens (tertiary/aromatic N) is 2. The topological polar surface area (TPSA) is 141 Å². The highest BCUT2D eigenvalue weighted by Crippen LogP contribution is 2.16. The molecule has 0 heterocycles. The van der Waals surface area contributed by atoms with Crippen LogP contribution in [0.4, 0.5) is 5.69 Å².